The molecule has 2 N–H and O–H groups in total. The van der Waals surface area contributed by atoms with Gasteiger partial charge in [0.25, 0.3) is 0 Å². The van der Waals surface area contributed by atoms with E-state index in [0.29, 0.717) is 12.0 Å². The van der Waals surface area contributed by atoms with Crippen LogP contribution in [0.25, 0.3) is 0 Å². The molecule has 0 atom stereocenters. The van der Waals surface area contributed by atoms with E-state index in [4.69, 9.17) is 4.74 Å². The number of ether oxygens (including phenoxy) is 1. The highest BCUT2D eigenvalue weighted by Crippen LogP contribution is 2.19. The first kappa shape index (κ1) is 23.6. The van der Waals surface area contributed by atoms with E-state index in [-0.39, 0.29) is 24.0 Å². The molecule has 150 valence electrons. The summed E-state index contributed by atoms with van der Waals surface area (Å²) in [6.45, 7) is 9.35. The highest BCUT2D eigenvalue weighted by Gasteiger charge is 2.19. The van der Waals surface area contributed by atoms with Crippen LogP contribution >= 0.6 is 35.3 Å². The average Bonchev–Trinajstić information content (AvgIpc) is 3.09. The van der Waals surface area contributed by atoms with Crippen molar-refractivity contribution in [2.45, 2.75) is 51.6 Å². The molecular formula is C18H34IN5OS. The molecule has 0 unspecified atom stereocenters. The minimum Gasteiger partial charge on any atom is -0.385 e. The largest absolute Gasteiger partial charge is 0.385 e. The Kier molecular flexibility index (Phi) is 11.7. The van der Waals surface area contributed by atoms with Gasteiger partial charge in [0.05, 0.1) is 17.2 Å². The predicted molar refractivity (Wildman–Crippen MR) is 121 cm³/mol. The quantitative estimate of drug-likeness (QED) is 0.251. The summed E-state index contributed by atoms with van der Waals surface area (Å²) in [6, 6.07) is 0.492. The summed E-state index contributed by atoms with van der Waals surface area (Å²) in [5.74, 6) is 1.36. The zero-order chi connectivity index (χ0) is 18.1. The van der Waals surface area contributed by atoms with Gasteiger partial charge < -0.3 is 20.3 Å². The first-order valence-corrected chi connectivity index (χ1v) is 10.1. The normalized spacial score (nSPS) is 16.6. The van der Waals surface area contributed by atoms with Crippen LogP contribution in [0.5, 0.6) is 0 Å². The van der Waals surface area contributed by atoms with Gasteiger partial charge in [-0.15, -0.1) is 35.3 Å². The Morgan fingerprint density at radius 2 is 2.15 bits per heavy atom. The fourth-order valence-electron chi connectivity index (χ4n) is 2.96. The van der Waals surface area contributed by atoms with Gasteiger partial charge in [-0.3, -0.25) is 4.99 Å². The first-order chi connectivity index (χ1) is 12.1. The Morgan fingerprint density at radius 3 is 2.73 bits per heavy atom. The smallest absolute Gasteiger partial charge is 0.191 e. The Bertz CT molecular complexity index is 529. The lowest BCUT2D eigenvalue weighted by molar-refractivity contribution is 0.155. The van der Waals surface area contributed by atoms with E-state index in [1.807, 2.05) is 7.05 Å². The van der Waals surface area contributed by atoms with Crippen LogP contribution in [0.15, 0.2) is 10.4 Å². The van der Waals surface area contributed by atoms with Crippen molar-refractivity contribution in [3.05, 3.63) is 16.1 Å². The monoisotopic (exact) mass is 495 g/mol. The number of nitrogens with zero attached hydrogens (tertiary/aromatic N) is 3. The number of methoxy groups -OCH3 is 1. The lowest BCUT2D eigenvalue weighted by atomic mass is 10.1. The molecule has 0 aliphatic carbocycles. The highest BCUT2D eigenvalue weighted by atomic mass is 127. The minimum absolute atomic E-state index is 0. The second-order valence-corrected chi connectivity index (χ2v) is 7.75. The van der Waals surface area contributed by atoms with Crippen molar-refractivity contribution in [1.82, 2.24) is 20.5 Å². The second-order valence-electron chi connectivity index (χ2n) is 6.86. The third-order valence-electron chi connectivity index (χ3n) is 4.48. The molecule has 8 heteroatoms. The molecule has 26 heavy (non-hydrogen) atoms. The van der Waals surface area contributed by atoms with E-state index in [1.165, 1.54) is 5.01 Å². The van der Waals surface area contributed by atoms with E-state index in [9.17, 15) is 0 Å². The third-order valence-corrected chi connectivity index (χ3v) is 5.67. The summed E-state index contributed by atoms with van der Waals surface area (Å²) in [5, 5.41) is 10.3. The zero-order valence-corrected chi connectivity index (χ0v) is 19.6. The van der Waals surface area contributed by atoms with E-state index in [2.05, 4.69) is 44.7 Å². The Labute approximate surface area is 179 Å². The maximum absolute atomic E-state index is 5.13. The molecule has 0 radical (unpaired) electrons. The number of piperidine rings is 1. The summed E-state index contributed by atoms with van der Waals surface area (Å²) >= 11 is 1.73. The number of hydrogen-bond donors (Lipinski definition) is 2. The summed E-state index contributed by atoms with van der Waals surface area (Å²) in [7, 11) is 3.60. The van der Waals surface area contributed by atoms with E-state index in [0.717, 1.165) is 63.7 Å². The maximum Gasteiger partial charge on any atom is 0.191 e. The average molecular weight is 495 g/mol. The molecule has 1 fully saturated rings. The summed E-state index contributed by atoms with van der Waals surface area (Å²) in [6.07, 6.45) is 3.42. The molecule has 6 nitrogen and oxygen atoms in total. The van der Waals surface area contributed by atoms with Gasteiger partial charge in [0.2, 0.25) is 0 Å². The van der Waals surface area contributed by atoms with Crippen LogP contribution in [-0.4, -0.2) is 62.3 Å². The minimum atomic E-state index is 0. The predicted octanol–water partition coefficient (Wildman–Crippen LogP) is 3.05. The summed E-state index contributed by atoms with van der Waals surface area (Å²) in [4.78, 5) is 11.5. The molecule has 0 amide bonds. The van der Waals surface area contributed by atoms with Crippen molar-refractivity contribution >= 4 is 41.3 Å². The molecule has 0 bridgehead atoms. The number of halogens is 1. The van der Waals surface area contributed by atoms with Crippen LogP contribution in [0, 0.1) is 0 Å². The Morgan fingerprint density at radius 1 is 1.42 bits per heavy atom. The van der Waals surface area contributed by atoms with Gasteiger partial charge in [0, 0.05) is 57.7 Å². The molecule has 0 aromatic carbocycles. The van der Waals surface area contributed by atoms with Crippen LogP contribution in [-0.2, 0) is 11.3 Å². The van der Waals surface area contributed by atoms with Gasteiger partial charge in [-0.1, -0.05) is 13.8 Å². The zero-order valence-electron chi connectivity index (χ0n) is 16.5. The van der Waals surface area contributed by atoms with Gasteiger partial charge in [-0.2, -0.15) is 0 Å². The molecule has 1 aromatic heterocycles. The number of rotatable bonds is 8. The first-order valence-electron chi connectivity index (χ1n) is 9.25. The van der Waals surface area contributed by atoms with E-state index >= 15 is 0 Å². The Balaban J connectivity index is 0.00000338. The summed E-state index contributed by atoms with van der Waals surface area (Å²) < 4.78 is 5.13. The van der Waals surface area contributed by atoms with Gasteiger partial charge in [0.15, 0.2) is 5.96 Å². The molecule has 1 aliphatic rings. The third kappa shape index (κ3) is 8.06. The molecule has 2 rings (SSSR count). The number of hydrogen-bond acceptors (Lipinski definition) is 5. The summed E-state index contributed by atoms with van der Waals surface area (Å²) in [5.41, 5.74) is 1.09. The van der Waals surface area contributed by atoms with E-state index in [1.54, 1.807) is 18.4 Å². The van der Waals surface area contributed by atoms with Crippen LogP contribution in [0.3, 0.4) is 0 Å². The number of guanidine groups is 1. The van der Waals surface area contributed by atoms with Crippen LogP contribution < -0.4 is 10.6 Å². The van der Waals surface area contributed by atoms with Crippen molar-refractivity contribution < 1.29 is 4.74 Å². The van der Waals surface area contributed by atoms with Crippen molar-refractivity contribution in [3.63, 3.8) is 0 Å². The van der Waals surface area contributed by atoms with Gasteiger partial charge in [-0.25, -0.2) is 4.98 Å². The van der Waals surface area contributed by atoms with Gasteiger partial charge >= 0.3 is 0 Å². The van der Waals surface area contributed by atoms with Crippen molar-refractivity contribution in [3.8, 4) is 0 Å². The van der Waals surface area contributed by atoms with Crippen molar-refractivity contribution in [1.29, 1.82) is 0 Å². The molecular weight excluding hydrogens is 461 g/mol. The maximum atomic E-state index is 5.13. The van der Waals surface area contributed by atoms with Gasteiger partial charge in [-0.05, 0) is 19.3 Å². The number of nitrogens with one attached hydrogen (secondary N) is 2. The molecule has 2 heterocycles. The molecule has 0 spiro atoms. The highest BCUT2D eigenvalue weighted by molar-refractivity contribution is 14.0. The van der Waals surface area contributed by atoms with Crippen LogP contribution in [0.2, 0.25) is 0 Å². The molecule has 1 aliphatic heterocycles. The fourth-order valence-corrected chi connectivity index (χ4v) is 3.80. The second kappa shape index (κ2) is 12.9. The topological polar surface area (TPSA) is 61.8 Å². The molecule has 1 saturated heterocycles. The number of aromatic nitrogens is 1. The van der Waals surface area contributed by atoms with Crippen molar-refractivity contribution in [2.24, 2.45) is 4.99 Å². The lowest BCUT2D eigenvalue weighted by Gasteiger charge is -2.33. The Hall–Kier alpha value is -0.450. The van der Waals surface area contributed by atoms with Crippen LogP contribution in [0.4, 0.5) is 0 Å². The fraction of sp³-hybridized carbons (Fsp3) is 0.778. The number of thiazole rings is 1. The lowest BCUT2D eigenvalue weighted by Crippen LogP contribution is -2.48. The standard InChI is InChI=1S/C18H33N5OS.HI/c1-14(2)17-21-16(13-25-17)12-20-18(19-3)22-15-6-9-23(10-7-15)8-5-11-24-4;/h13-15H,5-12H2,1-4H3,(H2,19,20,22);1H. The van der Waals surface area contributed by atoms with E-state index < -0.39 is 0 Å². The van der Waals surface area contributed by atoms with Crippen LogP contribution in [0.1, 0.15) is 49.7 Å². The van der Waals surface area contributed by atoms with Crippen molar-refractivity contribution in [2.75, 3.05) is 40.4 Å². The number of aliphatic imine (C=N–C) groups is 1. The van der Waals surface area contributed by atoms with Gasteiger partial charge in [0.1, 0.15) is 0 Å². The number of likely N-dealkylation sites (tertiary alicyclic amines) is 1. The SMILES string of the molecule is CN=C(NCc1csc(C(C)C)n1)NC1CCN(CCCOC)CC1.I. The molecule has 0 saturated carbocycles. The molecule has 1 aromatic rings.